The molecule has 1 aliphatic carbocycles. The van der Waals surface area contributed by atoms with Gasteiger partial charge in [0.25, 0.3) is 0 Å². The Bertz CT molecular complexity index is 429. The van der Waals surface area contributed by atoms with Crippen molar-refractivity contribution in [1.29, 1.82) is 0 Å². The van der Waals surface area contributed by atoms with Crippen molar-refractivity contribution in [1.82, 2.24) is 10.6 Å². The van der Waals surface area contributed by atoms with E-state index in [2.05, 4.69) is 10.6 Å². The first kappa shape index (κ1) is 15.9. The van der Waals surface area contributed by atoms with Gasteiger partial charge in [0.2, 0.25) is 11.8 Å². The second-order valence-electron chi connectivity index (χ2n) is 4.74. The van der Waals surface area contributed by atoms with E-state index in [-0.39, 0.29) is 19.3 Å². The highest BCUT2D eigenvalue weighted by Gasteiger charge is 2.62. The molecule has 4 N–H and O–H groups in total. The molecule has 1 saturated carbocycles. The third-order valence-corrected chi connectivity index (χ3v) is 3.43. The number of carbonyl (C=O) groups is 4. The molecule has 0 bridgehead atoms. The predicted octanol–water partition coefficient (Wildman–Crippen LogP) is -0.460. The van der Waals surface area contributed by atoms with Crippen LogP contribution in [0.3, 0.4) is 0 Å². The SMILES string of the molecule is CCC(=O)NC1(NC(=O)CC)CC(C(=O)O)C1C(=O)O. The Kier molecular flexibility index (Phi) is 4.69. The summed E-state index contributed by atoms with van der Waals surface area (Å²) in [7, 11) is 0. The van der Waals surface area contributed by atoms with Crippen molar-refractivity contribution in [2.75, 3.05) is 0 Å². The van der Waals surface area contributed by atoms with E-state index >= 15 is 0 Å². The molecule has 0 saturated heterocycles. The fourth-order valence-electron chi connectivity index (χ4n) is 2.35. The molecular formula is C12H18N2O6. The second-order valence-corrected chi connectivity index (χ2v) is 4.74. The van der Waals surface area contributed by atoms with E-state index in [9.17, 15) is 24.3 Å². The van der Waals surface area contributed by atoms with E-state index < -0.39 is 41.3 Å². The number of rotatable bonds is 6. The molecule has 0 radical (unpaired) electrons. The summed E-state index contributed by atoms with van der Waals surface area (Å²) in [5.41, 5.74) is -1.52. The van der Waals surface area contributed by atoms with Crippen LogP contribution in [0.15, 0.2) is 0 Å². The average Bonchev–Trinajstić information content (AvgIpc) is 2.33. The molecule has 1 fully saturated rings. The van der Waals surface area contributed by atoms with Gasteiger partial charge in [-0.3, -0.25) is 19.2 Å². The Morgan fingerprint density at radius 1 is 1.00 bits per heavy atom. The lowest BCUT2D eigenvalue weighted by Crippen LogP contribution is -2.75. The van der Waals surface area contributed by atoms with Gasteiger partial charge in [0, 0.05) is 19.3 Å². The van der Waals surface area contributed by atoms with Gasteiger partial charge < -0.3 is 20.8 Å². The van der Waals surface area contributed by atoms with Gasteiger partial charge in [-0.1, -0.05) is 13.8 Å². The highest BCUT2D eigenvalue weighted by atomic mass is 16.4. The van der Waals surface area contributed by atoms with Crippen LogP contribution in [0.2, 0.25) is 0 Å². The zero-order chi connectivity index (χ0) is 15.5. The molecule has 2 amide bonds. The molecule has 0 spiro atoms. The van der Waals surface area contributed by atoms with Crippen LogP contribution < -0.4 is 10.6 Å². The largest absolute Gasteiger partial charge is 0.481 e. The fourth-order valence-corrected chi connectivity index (χ4v) is 2.35. The van der Waals surface area contributed by atoms with Crippen molar-refractivity contribution in [3.8, 4) is 0 Å². The second kappa shape index (κ2) is 5.89. The molecule has 0 aliphatic heterocycles. The molecule has 8 nitrogen and oxygen atoms in total. The van der Waals surface area contributed by atoms with Gasteiger partial charge in [-0.05, 0) is 0 Å². The molecule has 2 unspecified atom stereocenters. The van der Waals surface area contributed by atoms with Gasteiger partial charge in [-0.25, -0.2) is 0 Å². The highest BCUT2D eigenvalue weighted by molar-refractivity contribution is 5.88. The van der Waals surface area contributed by atoms with Gasteiger partial charge in [0.05, 0.1) is 5.92 Å². The van der Waals surface area contributed by atoms with Crippen LogP contribution in [0, 0.1) is 11.8 Å². The average molecular weight is 286 g/mol. The summed E-state index contributed by atoms with van der Waals surface area (Å²) in [6.45, 7) is 3.15. The molecule has 112 valence electrons. The summed E-state index contributed by atoms with van der Waals surface area (Å²) in [5.74, 6) is -6.04. The summed E-state index contributed by atoms with van der Waals surface area (Å²) in [4.78, 5) is 45.4. The lowest BCUT2D eigenvalue weighted by atomic mass is 9.63. The quantitative estimate of drug-likeness (QED) is 0.488. The van der Waals surface area contributed by atoms with Crippen molar-refractivity contribution in [3.05, 3.63) is 0 Å². The standard InChI is InChI=1S/C12H18N2O6/c1-3-7(15)13-12(14-8(16)4-2)5-6(10(17)18)9(12)11(19)20/h6,9H,3-5H2,1-2H3,(H,13,15)(H,14,16)(H,17,18)(H,19,20). The van der Waals surface area contributed by atoms with Crippen LogP contribution in [0.4, 0.5) is 0 Å². The number of hydrogen-bond acceptors (Lipinski definition) is 4. The molecule has 8 heteroatoms. The van der Waals surface area contributed by atoms with Crippen LogP contribution in [0.5, 0.6) is 0 Å². The lowest BCUT2D eigenvalue weighted by molar-refractivity contribution is -0.175. The maximum Gasteiger partial charge on any atom is 0.311 e. The van der Waals surface area contributed by atoms with E-state index in [1.165, 1.54) is 0 Å². The van der Waals surface area contributed by atoms with Gasteiger partial charge in [-0.15, -0.1) is 0 Å². The van der Waals surface area contributed by atoms with E-state index in [4.69, 9.17) is 5.11 Å². The minimum atomic E-state index is -1.52. The van der Waals surface area contributed by atoms with Crippen LogP contribution in [0.25, 0.3) is 0 Å². The third kappa shape index (κ3) is 2.89. The first-order valence-electron chi connectivity index (χ1n) is 6.35. The molecule has 0 aromatic carbocycles. The fraction of sp³-hybridized carbons (Fsp3) is 0.667. The van der Waals surface area contributed by atoms with Crippen molar-refractivity contribution in [3.63, 3.8) is 0 Å². The maximum absolute atomic E-state index is 11.5. The molecule has 0 heterocycles. The predicted molar refractivity (Wildman–Crippen MR) is 66.5 cm³/mol. The molecule has 1 rings (SSSR count). The Morgan fingerprint density at radius 2 is 1.45 bits per heavy atom. The minimum absolute atomic E-state index is 0.105. The molecule has 20 heavy (non-hydrogen) atoms. The van der Waals surface area contributed by atoms with E-state index in [0.29, 0.717) is 0 Å². The smallest absolute Gasteiger partial charge is 0.311 e. The summed E-state index contributed by atoms with van der Waals surface area (Å²) in [6.07, 6.45) is 0.0679. The van der Waals surface area contributed by atoms with Crippen LogP contribution in [-0.2, 0) is 19.2 Å². The van der Waals surface area contributed by atoms with Crippen molar-refractivity contribution < 1.29 is 29.4 Å². The number of carboxylic acids is 2. The number of hydrogen-bond donors (Lipinski definition) is 4. The van der Waals surface area contributed by atoms with Crippen LogP contribution in [0.1, 0.15) is 33.1 Å². The van der Waals surface area contributed by atoms with E-state index in [1.807, 2.05) is 0 Å². The first-order valence-corrected chi connectivity index (χ1v) is 6.35. The minimum Gasteiger partial charge on any atom is -0.481 e. The lowest BCUT2D eigenvalue weighted by Gasteiger charge is -2.51. The van der Waals surface area contributed by atoms with Gasteiger partial charge in [0.15, 0.2) is 0 Å². The first-order chi connectivity index (χ1) is 9.27. The van der Waals surface area contributed by atoms with Gasteiger partial charge in [-0.2, -0.15) is 0 Å². The Hall–Kier alpha value is -2.12. The number of carboxylic acid groups (broad SMARTS) is 2. The number of amides is 2. The van der Waals surface area contributed by atoms with Crippen LogP contribution in [-0.4, -0.2) is 39.6 Å². The Labute approximate surface area is 115 Å². The number of carbonyl (C=O) groups excluding carboxylic acids is 2. The zero-order valence-corrected chi connectivity index (χ0v) is 11.3. The third-order valence-electron chi connectivity index (χ3n) is 3.43. The van der Waals surface area contributed by atoms with Crippen molar-refractivity contribution in [2.45, 2.75) is 38.8 Å². The van der Waals surface area contributed by atoms with Gasteiger partial charge >= 0.3 is 11.9 Å². The maximum atomic E-state index is 11.5. The topological polar surface area (TPSA) is 133 Å². The molecule has 1 aliphatic rings. The number of nitrogens with one attached hydrogen (secondary N) is 2. The summed E-state index contributed by atoms with van der Waals surface area (Å²) in [5, 5.41) is 23.1. The summed E-state index contributed by atoms with van der Waals surface area (Å²) < 4.78 is 0. The van der Waals surface area contributed by atoms with Crippen molar-refractivity contribution >= 4 is 23.8 Å². The molecule has 2 atom stereocenters. The number of aliphatic carboxylic acids is 2. The molecule has 0 aromatic rings. The Balaban J connectivity index is 3.05. The Morgan fingerprint density at radius 3 is 1.75 bits per heavy atom. The monoisotopic (exact) mass is 286 g/mol. The summed E-state index contributed by atoms with van der Waals surface area (Å²) in [6, 6.07) is 0. The van der Waals surface area contributed by atoms with E-state index in [0.717, 1.165) is 0 Å². The van der Waals surface area contributed by atoms with Crippen LogP contribution >= 0.6 is 0 Å². The zero-order valence-electron chi connectivity index (χ0n) is 11.3. The van der Waals surface area contributed by atoms with Crippen molar-refractivity contribution in [2.24, 2.45) is 11.8 Å². The highest BCUT2D eigenvalue weighted by Crippen LogP contribution is 2.43. The molecular weight excluding hydrogens is 268 g/mol. The summed E-state index contributed by atoms with van der Waals surface area (Å²) >= 11 is 0. The van der Waals surface area contributed by atoms with Gasteiger partial charge in [0.1, 0.15) is 11.6 Å². The normalized spacial score (nSPS) is 23.3. The van der Waals surface area contributed by atoms with E-state index in [1.54, 1.807) is 13.8 Å². The molecule has 0 aromatic heterocycles.